The number of rotatable bonds is 2. The molecule has 0 aliphatic heterocycles. The molecule has 0 aliphatic rings. The highest BCUT2D eigenvalue weighted by atomic mass is 79.9. The summed E-state index contributed by atoms with van der Waals surface area (Å²) < 4.78 is 5.08. The van der Waals surface area contributed by atoms with Crippen molar-refractivity contribution in [3.05, 3.63) is 27.9 Å². The molecule has 1 aromatic rings. The van der Waals surface area contributed by atoms with Crippen LogP contribution in [0, 0.1) is 0 Å². The van der Waals surface area contributed by atoms with Crippen molar-refractivity contribution in [3.63, 3.8) is 0 Å². The fourth-order valence-electron chi connectivity index (χ4n) is 1.19. The van der Waals surface area contributed by atoms with E-state index in [0.717, 1.165) is 33.3 Å². The number of thioether (sulfide) groups is 1. The lowest BCUT2D eigenvalue weighted by Crippen LogP contribution is -2.70. The minimum atomic E-state index is 0.836. The van der Waals surface area contributed by atoms with E-state index in [1.165, 1.54) is 5.56 Å². The zero-order valence-electron chi connectivity index (χ0n) is 9.51. The van der Waals surface area contributed by atoms with Gasteiger partial charge < -0.3 is 0 Å². The first-order valence-electron chi connectivity index (χ1n) is 4.79. The van der Waals surface area contributed by atoms with Crippen LogP contribution in [0.25, 0.3) is 0 Å². The molecule has 0 atom stereocenters. The molecule has 0 aliphatic carbocycles. The Morgan fingerprint density at radius 1 is 1.00 bits per heavy atom. The van der Waals surface area contributed by atoms with Gasteiger partial charge in [-0.15, -0.1) is 0 Å². The van der Waals surface area contributed by atoms with Crippen LogP contribution in [0.3, 0.4) is 0 Å². The first-order chi connectivity index (χ1) is 8.43. The van der Waals surface area contributed by atoms with Gasteiger partial charge in [0.2, 0.25) is 0 Å². The molecule has 0 radical (unpaired) electrons. The molecule has 0 saturated carbocycles. The fourth-order valence-corrected chi connectivity index (χ4v) is 5.84. The molecule has 0 spiro atoms. The van der Waals surface area contributed by atoms with Crippen LogP contribution in [0.1, 0.15) is 5.56 Å². The van der Waals surface area contributed by atoms with Crippen molar-refractivity contribution in [3.8, 4) is 0 Å². The van der Waals surface area contributed by atoms with Crippen molar-refractivity contribution in [1.29, 1.82) is 0 Å². The highest BCUT2D eigenvalue weighted by Gasteiger charge is 2.18. The molecule has 8 heteroatoms. The van der Waals surface area contributed by atoms with E-state index >= 15 is 0 Å². The summed E-state index contributed by atoms with van der Waals surface area (Å²) >= 11 is 19.6. The van der Waals surface area contributed by atoms with Crippen LogP contribution in [0.5, 0.6) is 0 Å². The number of hydrogen-bond donors (Lipinski definition) is 2. The molecule has 0 saturated heterocycles. The summed E-state index contributed by atoms with van der Waals surface area (Å²) in [4.78, 5) is 3.11. The molecule has 0 unspecified atom stereocenters. The predicted molar refractivity (Wildman–Crippen MR) is 97.2 cm³/mol. The Kier molecular flexibility index (Phi) is 7.80. The lowest BCUT2D eigenvalue weighted by molar-refractivity contribution is -0.418. The van der Waals surface area contributed by atoms with Crippen LogP contribution < -0.4 is 10.3 Å². The van der Waals surface area contributed by atoms with Gasteiger partial charge in [-0.1, -0.05) is 0 Å². The summed E-state index contributed by atoms with van der Waals surface area (Å²) in [5.41, 5.74) is 1.19. The molecule has 2 nitrogen and oxygen atoms in total. The third-order valence-electron chi connectivity index (χ3n) is 2.12. The van der Waals surface area contributed by atoms with Crippen LogP contribution in [0.2, 0.25) is 0 Å². The summed E-state index contributed by atoms with van der Waals surface area (Å²) in [5.74, 6) is 0.836. The van der Waals surface area contributed by atoms with E-state index in [9.17, 15) is 0 Å². The third kappa shape index (κ3) is 3.97. The topological polar surface area (TPSA) is 26.0 Å². The highest BCUT2D eigenvalue weighted by Crippen LogP contribution is 2.45. The Bertz CT molecular complexity index is 461. The Labute approximate surface area is 153 Å². The molecular weight excluding hydrogens is 580 g/mol. The first kappa shape index (κ1) is 17.5. The first-order valence-corrected chi connectivity index (χ1v) is 9.74. The van der Waals surface area contributed by atoms with Crippen LogP contribution in [0.4, 0.5) is 0 Å². The molecule has 0 amide bonds. The minimum absolute atomic E-state index is 0.836. The summed E-state index contributed by atoms with van der Waals surface area (Å²) in [7, 11) is 3.80. The van der Waals surface area contributed by atoms with E-state index in [1.807, 2.05) is 14.1 Å². The average Bonchev–Trinajstić information content (AvgIpc) is 2.38. The smallest absolute Gasteiger partial charge is 0.272 e. The van der Waals surface area contributed by atoms with Crippen molar-refractivity contribution in [2.75, 3.05) is 14.1 Å². The molecule has 0 bridgehead atoms. The lowest BCUT2D eigenvalue weighted by atomic mass is 10.2. The second-order valence-corrected chi connectivity index (χ2v) is 8.12. The number of benzene rings is 1. The van der Waals surface area contributed by atoms with Crippen molar-refractivity contribution in [2.45, 2.75) is 5.75 Å². The van der Waals surface area contributed by atoms with Gasteiger partial charge in [0.05, 0.1) is 14.1 Å². The van der Waals surface area contributed by atoms with Gasteiger partial charge >= 0.3 is 5.17 Å². The van der Waals surface area contributed by atoms with Crippen molar-refractivity contribution in [2.24, 2.45) is 0 Å². The highest BCUT2D eigenvalue weighted by molar-refractivity contribution is 9.15. The fraction of sp³-hybridized carbons (Fsp3) is 0.300. The van der Waals surface area contributed by atoms with E-state index < -0.39 is 0 Å². The molecule has 0 aromatic heterocycles. The predicted octanol–water partition coefficient (Wildman–Crippen LogP) is 4.02. The normalized spacial score (nSPS) is 11.8. The van der Waals surface area contributed by atoms with Gasteiger partial charge in [-0.25, -0.2) is 0 Å². The average molecular weight is 590 g/mol. The Morgan fingerprint density at radius 3 is 1.83 bits per heavy atom. The standard InChI is InChI=1S/C10H9Br5N2S/c1-16-10(17-2)18-3-4-5(11)7(13)9(15)8(14)6(4)12/h3H2,1-2H3,(H,16,17)/p+1. The zero-order valence-corrected chi connectivity index (χ0v) is 18.3. The van der Waals surface area contributed by atoms with Gasteiger partial charge in [-0.3, -0.25) is 10.3 Å². The van der Waals surface area contributed by atoms with Crippen molar-refractivity contribution < 1.29 is 4.99 Å². The summed E-state index contributed by atoms with van der Waals surface area (Å²) in [6, 6.07) is 0. The molecule has 18 heavy (non-hydrogen) atoms. The second-order valence-electron chi connectivity index (χ2n) is 3.17. The summed E-state index contributed by atoms with van der Waals surface area (Å²) in [5, 5.41) is 4.14. The Morgan fingerprint density at radius 2 is 1.44 bits per heavy atom. The summed E-state index contributed by atoms with van der Waals surface area (Å²) in [6.45, 7) is 0. The van der Waals surface area contributed by atoms with Crippen LogP contribution >= 0.6 is 91.4 Å². The van der Waals surface area contributed by atoms with E-state index in [0.29, 0.717) is 0 Å². The summed E-state index contributed by atoms with van der Waals surface area (Å²) in [6.07, 6.45) is 0. The lowest BCUT2D eigenvalue weighted by Gasteiger charge is -2.12. The minimum Gasteiger partial charge on any atom is -0.272 e. The maximum absolute atomic E-state index is 3.62. The van der Waals surface area contributed by atoms with E-state index in [4.69, 9.17) is 0 Å². The van der Waals surface area contributed by atoms with Gasteiger partial charge in [0.15, 0.2) is 0 Å². The third-order valence-corrected chi connectivity index (χ3v) is 9.50. The molecule has 0 heterocycles. The van der Waals surface area contributed by atoms with E-state index in [2.05, 4.69) is 90.0 Å². The van der Waals surface area contributed by atoms with Gasteiger partial charge in [0, 0.05) is 28.1 Å². The zero-order chi connectivity index (χ0) is 13.9. The Balaban J connectivity index is 3.10. The number of amidine groups is 1. The quantitative estimate of drug-likeness (QED) is 0.236. The molecule has 0 fully saturated rings. The van der Waals surface area contributed by atoms with Crippen molar-refractivity contribution >= 4 is 96.6 Å². The maximum atomic E-state index is 3.62. The van der Waals surface area contributed by atoms with E-state index in [-0.39, 0.29) is 0 Å². The van der Waals surface area contributed by atoms with Gasteiger partial charge in [0.25, 0.3) is 0 Å². The number of hydrogen-bond acceptors (Lipinski definition) is 1. The Hall–Kier alpha value is 1.44. The van der Waals surface area contributed by atoms with E-state index in [1.54, 1.807) is 11.8 Å². The van der Waals surface area contributed by atoms with Gasteiger partial charge in [0.1, 0.15) is 0 Å². The molecule has 1 aromatic carbocycles. The monoisotopic (exact) mass is 585 g/mol. The number of halogens is 5. The van der Waals surface area contributed by atoms with Gasteiger partial charge in [-0.2, -0.15) is 0 Å². The van der Waals surface area contributed by atoms with Crippen LogP contribution in [0.15, 0.2) is 22.4 Å². The number of nitrogens with one attached hydrogen (secondary N) is 2. The molecular formula is C10H10Br5N2S+. The maximum Gasteiger partial charge on any atom is 0.303 e. The molecule has 1 rings (SSSR count). The molecule has 100 valence electrons. The second kappa shape index (κ2) is 8.02. The van der Waals surface area contributed by atoms with Gasteiger partial charge in [-0.05, 0) is 97.0 Å². The molecule has 2 N–H and O–H groups in total. The van der Waals surface area contributed by atoms with Crippen LogP contribution in [-0.2, 0) is 5.75 Å². The largest absolute Gasteiger partial charge is 0.303 e. The van der Waals surface area contributed by atoms with Crippen LogP contribution in [-0.4, -0.2) is 19.3 Å². The van der Waals surface area contributed by atoms with Crippen molar-refractivity contribution in [1.82, 2.24) is 5.32 Å². The SMILES string of the molecule is CNC(=[NH+]C)SCc1c(Br)c(Br)c(Br)c(Br)c1Br.